The van der Waals surface area contributed by atoms with E-state index >= 15 is 0 Å². The zero-order valence-electron chi connectivity index (χ0n) is 14.4. The Balaban J connectivity index is 1.42. The van der Waals surface area contributed by atoms with Gasteiger partial charge in [-0.3, -0.25) is 0 Å². The summed E-state index contributed by atoms with van der Waals surface area (Å²) in [6, 6.07) is 8.57. The molecular formula is C20H24N4O. The quantitative estimate of drug-likeness (QED) is 0.902. The zero-order valence-corrected chi connectivity index (χ0v) is 14.4. The first kappa shape index (κ1) is 15.1. The van der Waals surface area contributed by atoms with Crippen molar-refractivity contribution < 1.29 is 4.74 Å². The molecule has 5 nitrogen and oxygen atoms in total. The van der Waals surface area contributed by atoms with Gasteiger partial charge in [0.05, 0.1) is 11.7 Å². The third-order valence-electron chi connectivity index (χ3n) is 5.64. The minimum atomic E-state index is 0.255. The van der Waals surface area contributed by atoms with Gasteiger partial charge >= 0.3 is 0 Å². The topological polar surface area (TPSA) is 59.1 Å². The number of ether oxygens (including phenoxy) is 1. The molecule has 130 valence electrons. The summed E-state index contributed by atoms with van der Waals surface area (Å²) in [7, 11) is 0. The van der Waals surface area contributed by atoms with Crippen LogP contribution < -0.4 is 15.4 Å². The molecule has 3 aliphatic rings. The van der Waals surface area contributed by atoms with Gasteiger partial charge in [-0.2, -0.15) is 0 Å². The van der Waals surface area contributed by atoms with Gasteiger partial charge in [0.25, 0.3) is 0 Å². The molecule has 1 atom stereocenters. The summed E-state index contributed by atoms with van der Waals surface area (Å²) in [6.45, 7) is 2.39. The van der Waals surface area contributed by atoms with Crippen molar-refractivity contribution in [3.8, 4) is 5.75 Å². The summed E-state index contributed by atoms with van der Waals surface area (Å²) in [5, 5.41) is 7.09. The summed E-state index contributed by atoms with van der Waals surface area (Å²) < 4.78 is 5.94. The first-order chi connectivity index (χ1) is 12.4. The average Bonchev–Trinajstić information content (AvgIpc) is 3.33. The zero-order chi connectivity index (χ0) is 16.6. The molecule has 25 heavy (non-hydrogen) atoms. The summed E-state index contributed by atoms with van der Waals surface area (Å²) in [5.41, 5.74) is 3.68. The summed E-state index contributed by atoms with van der Waals surface area (Å²) >= 11 is 0. The van der Waals surface area contributed by atoms with E-state index in [2.05, 4.69) is 28.8 Å². The molecule has 1 aliphatic carbocycles. The predicted octanol–water partition coefficient (Wildman–Crippen LogP) is 3.15. The SMILES string of the molecule is c1ccc2c(c1)CC(Nc1nc(C3CCCC3)nc3c1CNC3)CO2. The van der Waals surface area contributed by atoms with Crippen molar-refractivity contribution in [2.75, 3.05) is 11.9 Å². The summed E-state index contributed by atoms with van der Waals surface area (Å²) in [5.74, 6) is 3.61. The third kappa shape index (κ3) is 2.86. The maximum Gasteiger partial charge on any atom is 0.134 e. The molecule has 1 aromatic heterocycles. The van der Waals surface area contributed by atoms with Gasteiger partial charge in [-0.25, -0.2) is 9.97 Å². The molecule has 2 aromatic rings. The average molecular weight is 336 g/mol. The van der Waals surface area contributed by atoms with Crippen LogP contribution in [0.5, 0.6) is 5.75 Å². The molecular weight excluding hydrogens is 312 g/mol. The van der Waals surface area contributed by atoms with Crippen LogP contribution in [0.3, 0.4) is 0 Å². The van der Waals surface area contributed by atoms with Crippen molar-refractivity contribution in [3.05, 3.63) is 46.9 Å². The Morgan fingerprint density at radius 3 is 2.88 bits per heavy atom. The van der Waals surface area contributed by atoms with Crippen molar-refractivity contribution in [3.63, 3.8) is 0 Å². The molecule has 1 saturated carbocycles. The van der Waals surface area contributed by atoms with Crippen LogP contribution in [0, 0.1) is 0 Å². The lowest BCUT2D eigenvalue weighted by molar-refractivity contribution is 0.272. The number of nitrogens with zero attached hydrogens (tertiary/aromatic N) is 2. The number of aromatic nitrogens is 2. The van der Waals surface area contributed by atoms with Gasteiger partial charge < -0.3 is 15.4 Å². The highest BCUT2D eigenvalue weighted by Gasteiger charge is 2.27. The van der Waals surface area contributed by atoms with Crippen LogP contribution >= 0.6 is 0 Å². The van der Waals surface area contributed by atoms with Crippen molar-refractivity contribution in [2.45, 2.75) is 57.2 Å². The van der Waals surface area contributed by atoms with E-state index in [9.17, 15) is 0 Å². The van der Waals surface area contributed by atoms with Gasteiger partial charge in [0, 0.05) is 24.6 Å². The second-order valence-corrected chi connectivity index (χ2v) is 7.40. The van der Waals surface area contributed by atoms with Crippen LogP contribution in [-0.4, -0.2) is 22.6 Å². The van der Waals surface area contributed by atoms with Gasteiger partial charge in [0.15, 0.2) is 0 Å². The van der Waals surface area contributed by atoms with Crippen LogP contribution in [-0.2, 0) is 19.5 Å². The normalized spacial score (nSPS) is 22.3. The van der Waals surface area contributed by atoms with Crippen molar-refractivity contribution in [1.82, 2.24) is 15.3 Å². The largest absolute Gasteiger partial charge is 0.491 e. The van der Waals surface area contributed by atoms with Crippen LogP contribution in [0.25, 0.3) is 0 Å². The molecule has 0 amide bonds. The molecule has 0 spiro atoms. The van der Waals surface area contributed by atoms with Gasteiger partial charge in [0.1, 0.15) is 24.0 Å². The fourth-order valence-corrected chi connectivity index (χ4v) is 4.29. The molecule has 0 bridgehead atoms. The van der Waals surface area contributed by atoms with E-state index in [-0.39, 0.29) is 6.04 Å². The second-order valence-electron chi connectivity index (χ2n) is 7.40. The monoisotopic (exact) mass is 336 g/mol. The third-order valence-corrected chi connectivity index (χ3v) is 5.64. The standard InChI is InChI=1S/C20H24N4O/c1-2-6-13(5-1)19-23-17-11-21-10-16(17)20(24-19)22-15-9-14-7-3-4-8-18(14)25-12-15/h3-4,7-8,13,15,21H,1-2,5-6,9-12H2,(H,22,23,24). The molecule has 1 fully saturated rings. The van der Waals surface area contributed by atoms with E-state index in [0.29, 0.717) is 12.5 Å². The van der Waals surface area contributed by atoms with E-state index in [0.717, 1.165) is 36.9 Å². The Bertz CT molecular complexity index is 785. The molecule has 5 heteroatoms. The highest BCUT2D eigenvalue weighted by molar-refractivity contribution is 5.50. The van der Waals surface area contributed by atoms with E-state index < -0.39 is 0 Å². The molecule has 1 aromatic carbocycles. The first-order valence-corrected chi connectivity index (χ1v) is 9.44. The maximum absolute atomic E-state index is 5.94. The summed E-state index contributed by atoms with van der Waals surface area (Å²) in [4.78, 5) is 9.84. The first-order valence-electron chi connectivity index (χ1n) is 9.44. The minimum Gasteiger partial charge on any atom is -0.491 e. The molecule has 3 heterocycles. The summed E-state index contributed by atoms with van der Waals surface area (Å²) in [6.07, 6.45) is 6.04. The lowest BCUT2D eigenvalue weighted by atomic mass is 10.0. The van der Waals surface area contributed by atoms with Gasteiger partial charge in [-0.05, 0) is 30.9 Å². The molecule has 2 aliphatic heterocycles. The lowest BCUT2D eigenvalue weighted by Crippen LogP contribution is -2.34. The fraction of sp³-hybridized carbons (Fsp3) is 0.500. The molecule has 0 radical (unpaired) electrons. The molecule has 2 N–H and O–H groups in total. The Morgan fingerprint density at radius 2 is 1.96 bits per heavy atom. The van der Waals surface area contributed by atoms with Crippen molar-refractivity contribution >= 4 is 5.82 Å². The van der Waals surface area contributed by atoms with Crippen LogP contribution in [0.2, 0.25) is 0 Å². The smallest absolute Gasteiger partial charge is 0.134 e. The fourth-order valence-electron chi connectivity index (χ4n) is 4.29. The number of rotatable bonds is 3. The molecule has 0 saturated heterocycles. The number of fused-ring (bicyclic) bond motifs is 2. The predicted molar refractivity (Wildman–Crippen MR) is 96.8 cm³/mol. The molecule has 5 rings (SSSR count). The Kier molecular flexibility index (Phi) is 3.82. The Morgan fingerprint density at radius 1 is 1.08 bits per heavy atom. The van der Waals surface area contributed by atoms with E-state index in [4.69, 9.17) is 14.7 Å². The number of hydrogen-bond acceptors (Lipinski definition) is 5. The number of para-hydroxylation sites is 1. The lowest BCUT2D eigenvalue weighted by Gasteiger charge is -2.27. The maximum atomic E-state index is 5.94. The van der Waals surface area contributed by atoms with Crippen molar-refractivity contribution in [1.29, 1.82) is 0 Å². The van der Waals surface area contributed by atoms with Gasteiger partial charge in [-0.1, -0.05) is 31.0 Å². The Hall–Kier alpha value is -2.14. The number of nitrogens with one attached hydrogen (secondary N) is 2. The van der Waals surface area contributed by atoms with E-state index in [1.807, 2.05) is 6.07 Å². The highest BCUT2D eigenvalue weighted by Crippen LogP contribution is 2.34. The van der Waals surface area contributed by atoms with Crippen LogP contribution in [0.15, 0.2) is 24.3 Å². The number of anilines is 1. The van der Waals surface area contributed by atoms with Crippen molar-refractivity contribution in [2.24, 2.45) is 0 Å². The minimum absolute atomic E-state index is 0.255. The Labute approximate surface area is 148 Å². The molecule has 1 unspecified atom stereocenters. The van der Waals surface area contributed by atoms with E-state index in [1.54, 1.807) is 0 Å². The highest BCUT2D eigenvalue weighted by atomic mass is 16.5. The van der Waals surface area contributed by atoms with Crippen LogP contribution in [0.4, 0.5) is 5.82 Å². The second kappa shape index (κ2) is 6.30. The van der Waals surface area contributed by atoms with Gasteiger partial charge in [-0.15, -0.1) is 0 Å². The number of hydrogen-bond donors (Lipinski definition) is 2. The number of benzene rings is 1. The van der Waals surface area contributed by atoms with E-state index in [1.165, 1.54) is 42.5 Å². The van der Waals surface area contributed by atoms with Crippen LogP contribution in [0.1, 0.15) is 54.2 Å². The van der Waals surface area contributed by atoms with Gasteiger partial charge in [0.2, 0.25) is 0 Å².